The Hall–Kier alpha value is 0.106. The van der Waals surface area contributed by atoms with Crippen molar-refractivity contribution in [2.75, 3.05) is 6.54 Å². The van der Waals surface area contributed by atoms with E-state index in [2.05, 4.69) is 5.32 Å². The van der Waals surface area contributed by atoms with E-state index in [1.807, 2.05) is 0 Å². The fourth-order valence-corrected chi connectivity index (χ4v) is 0.565. The minimum atomic E-state index is 0. The van der Waals surface area contributed by atoms with Gasteiger partial charge in [-0.15, -0.1) is 0 Å². The number of carbonyl (C=O) groups is 1. The molecule has 1 N–H and O–H groups in total. The topological polar surface area (TPSA) is 29.1 Å². The molecule has 1 heterocycles. The Balaban J connectivity index is 0.000000360. The van der Waals surface area contributed by atoms with Crippen molar-refractivity contribution < 1.29 is 4.79 Å². The molecule has 1 aliphatic rings. The molecule has 2 nitrogen and oxygen atoms in total. The van der Waals surface area contributed by atoms with Crippen LogP contribution in [0.3, 0.4) is 0 Å². The second-order valence-corrected chi connectivity index (χ2v) is 1.45. The van der Waals surface area contributed by atoms with Crippen LogP contribution in [0.15, 0.2) is 0 Å². The fourth-order valence-electron chi connectivity index (χ4n) is 0.565. The van der Waals surface area contributed by atoms with Crippen molar-refractivity contribution in [2.45, 2.75) is 12.8 Å². The molecule has 0 aromatic heterocycles. The van der Waals surface area contributed by atoms with Crippen LogP contribution < -0.4 is 5.32 Å². The summed E-state index contributed by atoms with van der Waals surface area (Å²) in [6.45, 7) is 0.888. The van der Waals surface area contributed by atoms with Crippen LogP contribution in [0.1, 0.15) is 12.8 Å². The zero-order valence-electron chi connectivity index (χ0n) is 3.53. The number of carbonyl (C=O) groups excluding carboxylic acids is 1. The first-order valence-electron chi connectivity index (χ1n) is 2.16. The van der Waals surface area contributed by atoms with Gasteiger partial charge in [0, 0.05) is 13.0 Å². The molecule has 1 amide bonds. The second-order valence-electron chi connectivity index (χ2n) is 1.45. The molecule has 7 heavy (non-hydrogen) atoms. The zero-order valence-corrected chi connectivity index (χ0v) is 3.53. The van der Waals surface area contributed by atoms with Gasteiger partial charge in [0.05, 0.1) is 0 Å². The molecule has 1 saturated heterocycles. The summed E-state index contributed by atoms with van der Waals surface area (Å²) in [7, 11) is 0. The molecule has 1 rings (SSSR count). The molecule has 1 aliphatic heterocycles. The Morgan fingerprint density at radius 1 is 1.57 bits per heavy atom. The summed E-state index contributed by atoms with van der Waals surface area (Å²) in [5, 5.41) is 2.68. The number of nitrogens with one attached hydrogen (secondary N) is 1. The molecule has 3 heteroatoms. The van der Waals surface area contributed by atoms with Gasteiger partial charge in [0.2, 0.25) is 5.91 Å². The Morgan fingerprint density at radius 3 is 2.43 bits per heavy atom. The van der Waals surface area contributed by atoms with Crippen LogP contribution in [0.4, 0.5) is 0 Å². The average molecular weight is 158 g/mol. The van der Waals surface area contributed by atoms with Crippen LogP contribution in [-0.2, 0) is 4.79 Å². The number of hydrogen-bond acceptors (Lipinski definition) is 1. The predicted molar refractivity (Wildman–Crippen MR) is 32.2 cm³/mol. The van der Waals surface area contributed by atoms with Crippen molar-refractivity contribution in [1.82, 2.24) is 5.32 Å². The van der Waals surface area contributed by atoms with Crippen LogP contribution in [0.25, 0.3) is 0 Å². The first-order chi connectivity index (χ1) is 2.89. The van der Waals surface area contributed by atoms with Crippen molar-refractivity contribution in [1.29, 1.82) is 0 Å². The molecule has 0 aliphatic carbocycles. The van der Waals surface area contributed by atoms with Crippen molar-refractivity contribution in [3.8, 4) is 0 Å². The summed E-state index contributed by atoms with van der Waals surface area (Å²) in [6.07, 6.45) is 1.76. The van der Waals surface area contributed by atoms with Gasteiger partial charge in [0.1, 0.15) is 0 Å². The molecule has 0 bridgehead atoms. The van der Waals surface area contributed by atoms with E-state index in [-0.39, 0.29) is 25.7 Å². The summed E-state index contributed by atoms with van der Waals surface area (Å²) < 4.78 is 0. The van der Waals surface area contributed by atoms with Gasteiger partial charge in [-0.25, -0.2) is 0 Å². The van der Waals surface area contributed by atoms with Crippen LogP contribution in [0.2, 0.25) is 0 Å². The molecule has 40 valence electrons. The first kappa shape index (κ1) is 7.11. The standard InChI is InChI=1S/C4H7NO.Ga.3H/c6-4-2-1-3-5-4;;;;/h1-3H2,(H,5,6);;;;. The van der Waals surface area contributed by atoms with E-state index < -0.39 is 0 Å². The van der Waals surface area contributed by atoms with Crippen LogP contribution in [-0.4, -0.2) is 32.2 Å². The van der Waals surface area contributed by atoms with Crippen molar-refractivity contribution >= 4 is 25.7 Å². The van der Waals surface area contributed by atoms with E-state index in [0.29, 0.717) is 0 Å². The van der Waals surface area contributed by atoms with Gasteiger partial charge >= 0.3 is 19.8 Å². The summed E-state index contributed by atoms with van der Waals surface area (Å²) in [5.74, 6) is 0.204. The summed E-state index contributed by atoms with van der Waals surface area (Å²) in [4.78, 5) is 10.1. The monoisotopic (exact) mass is 157 g/mol. The Labute approximate surface area is 55.7 Å². The summed E-state index contributed by atoms with van der Waals surface area (Å²) in [6, 6.07) is 0. The molecule has 0 radical (unpaired) electrons. The molecule has 0 spiro atoms. The van der Waals surface area contributed by atoms with Gasteiger partial charge in [-0.05, 0) is 6.42 Å². The van der Waals surface area contributed by atoms with Crippen molar-refractivity contribution in [3.63, 3.8) is 0 Å². The Bertz CT molecular complexity index is 66.1. The number of rotatable bonds is 0. The minimum absolute atomic E-state index is 0. The van der Waals surface area contributed by atoms with Gasteiger partial charge in [-0.2, -0.15) is 0 Å². The van der Waals surface area contributed by atoms with Crippen LogP contribution in [0.5, 0.6) is 0 Å². The van der Waals surface area contributed by atoms with Crippen molar-refractivity contribution in [2.24, 2.45) is 0 Å². The second kappa shape index (κ2) is 3.15. The predicted octanol–water partition coefficient (Wildman–Crippen LogP) is -1.29. The third kappa shape index (κ3) is 2.04. The third-order valence-electron chi connectivity index (χ3n) is 0.903. The van der Waals surface area contributed by atoms with Gasteiger partial charge in [0.15, 0.2) is 0 Å². The molecule has 0 aromatic carbocycles. The van der Waals surface area contributed by atoms with Crippen LogP contribution >= 0.6 is 0 Å². The Kier molecular flexibility index (Phi) is 3.20. The van der Waals surface area contributed by atoms with Crippen LogP contribution in [0, 0.1) is 0 Å². The van der Waals surface area contributed by atoms with Gasteiger partial charge < -0.3 is 5.32 Å². The number of hydrogen-bond donors (Lipinski definition) is 1. The molecule has 1 fully saturated rings. The van der Waals surface area contributed by atoms with Crippen molar-refractivity contribution in [3.05, 3.63) is 0 Å². The summed E-state index contributed by atoms with van der Waals surface area (Å²) >= 11 is 0. The molecule has 0 saturated carbocycles. The van der Waals surface area contributed by atoms with E-state index in [9.17, 15) is 4.79 Å². The molecule has 0 atom stereocenters. The van der Waals surface area contributed by atoms with E-state index in [1.165, 1.54) is 0 Å². The first-order valence-corrected chi connectivity index (χ1v) is 2.16. The number of amides is 1. The zero-order chi connectivity index (χ0) is 4.41. The maximum absolute atomic E-state index is 10.1. The van der Waals surface area contributed by atoms with Gasteiger partial charge in [-0.3, -0.25) is 4.79 Å². The van der Waals surface area contributed by atoms with E-state index >= 15 is 0 Å². The van der Waals surface area contributed by atoms with E-state index in [4.69, 9.17) is 0 Å². The van der Waals surface area contributed by atoms with E-state index in [1.54, 1.807) is 0 Å². The molecule has 0 aromatic rings. The molecular formula is C4H10GaNO. The Morgan fingerprint density at radius 2 is 2.29 bits per heavy atom. The molecule has 0 unspecified atom stereocenters. The normalized spacial score (nSPS) is 18.0. The maximum atomic E-state index is 10.1. The SMILES string of the molecule is O=C1CCCN1.[GaH3]. The van der Waals surface area contributed by atoms with E-state index in [0.717, 1.165) is 19.4 Å². The van der Waals surface area contributed by atoms with Gasteiger partial charge in [-0.1, -0.05) is 0 Å². The van der Waals surface area contributed by atoms with Gasteiger partial charge in [0.25, 0.3) is 0 Å². The average Bonchev–Trinajstić information content (AvgIpc) is 1.86. The fraction of sp³-hybridized carbons (Fsp3) is 0.750. The summed E-state index contributed by atoms with van der Waals surface area (Å²) in [5.41, 5.74) is 0. The quantitative estimate of drug-likeness (QED) is 0.436. The third-order valence-corrected chi connectivity index (χ3v) is 0.903. The molecular weight excluding hydrogens is 148 g/mol.